The molecule has 1 aromatic rings. The highest BCUT2D eigenvalue weighted by Crippen LogP contribution is 2.12. The van der Waals surface area contributed by atoms with Crippen molar-refractivity contribution in [3.8, 4) is 5.88 Å². The quantitative estimate of drug-likeness (QED) is 0.429. The normalized spacial score (nSPS) is 15.6. The van der Waals surface area contributed by atoms with E-state index in [1.54, 1.807) is 12.1 Å². The lowest BCUT2D eigenvalue weighted by atomic mass is 10.3. The number of thioether (sulfide) groups is 1. The van der Waals surface area contributed by atoms with Crippen molar-refractivity contribution in [1.29, 1.82) is 0 Å². The average molecular weight is 444 g/mol. The Hall–Kier alpha value is -0.840. The number of hydrogen-bond donors (Lipinski definition) is 1. The summed E-state index contributed by atoms with van der Waals surface area (Å²) >= 11 is 1.90. The van der Waals surface area contributed by atoms with Gasteiger partial charge in [-0.25, -0.2) is 18.8 Å². The molecule has 0 aliphatic carbocycles. The average Bonchev–Trinajstić information content (AvgIpc) is 2.52. The number of hydrogen-bond acceptors (Lipinski definition) is 4. The lowest BCUT2D eigenvalue weighted by molar-refractivity contribution is 0.0795. The van der Waals surface area contributed by atoms with Crippen molar-refractivity contribution >= 4 is 41.7 Å². The molecule has 9 heteroatoms. The van der Waals surface area contributed by atoms with Crippen LogP contribution in [0.2, 0.25) is 0 Å². The van der Waals surface area contributed by atoms with Crippen molar-refractivity contribution in [3.05, 3.63) is 23.9 Å². The Balaban J connectivity index is 0.00000242. The van der Waals surface area contributed by atoms with E-state index in [9.17, 15) is 8.78 Å². The van der Waals surface area contributed by atoms with Gasteiger partial charge in [0.1, 0.15) is 0 Å². The van der Waals surface area contributed by atoms with Crippen LogP contribution < -0.4 is 10.5 Å². The molecule has 0 atom stereocenters. The molecular formula is C13H19F2IN4OS. The molecular weight excluding hydrogens is 425 g/mol. The van der Waals surface area contributed by atoms with Crippen LogP contribution in [-0.4, -0.2) is 53.5 Å². The molecule has 0 radical (unpaired) electrons. The Kier molecular flexibility index (Phi) is 8.76. The van der Waals surface area contributed by atoms with E-state index in [4.69, 9.17) is 10.5 Å². The molecule has 0 amide bonds. The van der Waals surface area contributed by atoms with Crippen LogP contribution in [-0.2, 0) is 6.54 Å². The zero-order valence-corrected chi connectivity index (χ0v) is 15.1. The lowest BCUT2D eigenvalue weighted by Crippen LogP contribution is -2.42. The summed E-state index contributed by atoms with van der Waals surface area (Å²) in [5.41, 5.74) is 6.78. The Morgan fingerprint density at radius 2 is 2.18 bits per heavy atom. The second-order valence-electron chi connectivity index (χ2n) is 4.48. The molecule has 1 fully saturated rings. The molecule has 0 spiro atoms. The van der Waals surface area contributed by atoms with E-state index in [0.717, 1.165) is 30.2 Å². The number of alkyl halides is 2. The third-order valence-corrected chi connectivity index (χ3v) is 3.86. The Morgan fingerprint density at radius 3 is 2.86 bits per heavy atom. The molecule has 2 heterocycles. The highest BCUT2D eigenvalue weighted by Gasteiger charge is 2.12. The number of ether oxygens (including phenoxy) is 1. The first-order valence-electron chi connectivity index (χ1n) is 6.63. The highest BCUT2D eigenvalue weighted by molar-refractivity contribution is 14.0. The molecule has 1 aliphatic rings. The Bertz CT molecular complexity index is 487. The van der Waals surface area contributed by atoms with Gasteiger partial charge in [0.05, 0.1) is 6.54 Å². The molecule has 0 aromatic carbocycles. The largest absolute Gasteiger partial charge is 0.472 e. The van der Waals surface area contributed by atoms with E-state index in [0.29, 0.717) is 12.5 Å². The number of nitrogens with zero attached hydrogens (tertiary/aromatic N) is 3. The van der Waals surface area contributed by atoms with Gasteiger partial charge in [-0.05, 0) is 11.6 Å². The smallest absolute Gasteiger partial charge is 0.272 e. The summed E-state index contributed by atoms with van der Waals surface area (Å²) in [7, 11) is 0. The van der Waals surface area contributed by atoms with E-state index in [2.05, 4.69) is 9.98 Å². The Labute approximate surface area is 149 Å². The van der Waals surface area contributed by atoms with Gasteiger partial charge in [-0.2, -0.15) is 11.8 Å². The van der Waals surface area contributed by atoms with E-state index in [-0.39, 0.29) is 29.9 Å². The van der Waals surface area contributed by atoms with Gasteiger partial charge in [0.25, 0.3) is 6.43 Å². The number of aliphatic imine (C=N–C) groups is 1. The van der Waals surface area contributed by atoms with Crippen molar-refractivity contribution < 1.29 is 13.5 Å². The molecule has 124 valence electrons. The molecule has 1 saturated heterocycles. The second-order valence-corrected chi connectivity index (χ2v) is 5.70. The third-order valence-electron chi connectivity index (χ3n) is 2.92. The fraction of sp³-hybridized carbons (Fsp3) is 0.538. The first-order valence-corrected chi connectivity index (χ1v) is 7.79. The molecule has 0 bridgehead atoms. The number of rotatable bonds is 5. The van der Waals surface area contributed by atoms with Crippen LogP contribution in [0.3, 0.4) is 0 Å². The van der Waals surface area contributed by atoms with Crippen molar-refractivity contribution in [2.24, 2.45) is 10.7 Å². The predicted octanol–water partition coefficient (Wildman–Crippen LogP) is 2.21. The van der Waals surface area contributed by atoms with Gasteiger partial charge in [-0.15, -0.1) is 24.0 Å². The van der Waals surface area contributed by atoms with Crippen LogP contribution in [0.15, 0.2) is 23.3 Å². The van der Waals surface area contributed by atoms with Crippen LogP contribution in [0.4, 0.5) is 8.78 Å². The molecule has 2 N–H and O–H groups in total. The minimum atomic E-state index is -2.51. The maximum Gasteiger partial charge on any atom is 0.272 e. The van der Waals surface area contributed by atoms with E-state index >= 15 is 0 Å². The Morgan fingerprint density at radius 1 is 1.45 bits per heavy atom. The minimum Gasteiger partial charge on any atom is -0.472 e. The lowest BCUT2D eigenvalue weighted by Gasteiger charge is -2.27. The molecule has 1 aromatic heterocycles. The first kappa shape index (κ1) is 19.2. The molecule has 1 aliphatic heterocycles. The van der Waals surface area contributed by atoms with Crippen LogP contribution in [0.5, 0.6) is 5.88 Å². The van der Waals surface area contributed by atoms with Crippen LogP contribution >= 0.6 is 35.7 Å². The zero-order chi connectivity index (χ0) is 15.1. The van der Waals surface area contributed by atoms with Crippen molar-refractivity contribution in [2.75, 3.05) is 31.2 Å². The summed E-state index contributed by atoms with van der Waals surface area (Å²) in [6, 6.07) is 3.36. The molecule has 0 unspecified atom stereocenters. The number of nitrogens with two attached hydrogens (primary N) is 1. The summed E-state index contributed by atoms with van der Waals surface area (Å²) in [4.78, 5) is 10.3. The summed E-state index contributed by atoms with van der Waals surface area (Å²) in [5, 5.41) is 0. The molecule has 0 saturated carbocycles. The van der Waals surface area contributed by atoms with Crippen molar-refractivity contribution in [2.45, 2.75) is 13.0 Å². The fourth-order valence-corrected chi connectivity index (χ4v) is 2.74. The third kappa shape index (κ3) is 6.51. The second kappa shape index (κ2) is 10.0. The van der Waals surface area contributed by atoms with E-state index < -0.39 is 13.0 Å². The number of guanidine groups is 1. The summed E-state index contributed by atoms with van der Waals surface area (Å²) in [6.07, 6.45) is -1.000. The topological polar surface area (TPSA) is 63.7 Å². The first-order chi connectivity index (χ1) is 10.1. The van der Waals surface area contributed by atoms with E-state index in [1.165, 1.54) is 6.20 Å². The maximum absolute atomic E-state index is 12.1. The summed E-state index contributed by atoms with van der Waals surface area (Å²) < 4.78 is 29.0. The highest BCUT2D eigenvalue weighted by atomic mass is 127. The van der Waals surface area contributed by atoms with E-state index in [1.807, 2.05) is 16.7 Å². The molecule has 5 nitrogen and oxygen atoms in total. The summed E-state index contributed by atoms with van der Waals surface area (Å²) in [5.74, 6) is 2.80. The standard InChI is InChI=1S/C13H18F2N4OS.HI/c14-11(15)9-20-12-7-10(1-2-17-12)8-18-13(16)19-3-5-21-6-4-19;/h1-2,7,11H,3-6,8-9H2,(H2,16,18);1H. The van der Waals surface area contributed by atoms with Gasteiger partial charge >= 0.3 is 0 Å². The summed E-state index contributed by atoms with van der Waals surface area (Å²) in [6.45, 7) is 1.52. The fourth-order valence-electron chi connectivity index (χ4n) is 1.84. The van der Waals surface area contributed by atoms with Crippen molar-refractivity contribution in [3.63, 3.8) is 0 Å². The predicted molar refractivity (Wildman–Crippen MR) is 95.4 cm³/mol. The van der Waals surface area contributed by atoms with Gasteiger partial charge in [0, 0.05) is 36.9 Å². The zero-order valence-electron chi connectivity index (χ0n) is 12.0. The van der Waals surface area contributed by atoms with Gasteiger partial charge in [0.2, 0.25) is 5.88 Å². The monoisotopic (exact) mass is 444 g/mol. The van der Waals surface area contributed by atoms with Gasteiger partial charge < -0.3 is 15.4 Å². The maximum atomic E-state index is 12.1. The minimum absolute atomic E-state index is 0. The van der Waals surface area contributed by atoms with Gasteiger partial charge in [0.15, 0.2) is 12.6 Å². The van der Waals surface area contributed by atoms with Gasteiger partial charge in [-0.1, -0.05) is 0 Å². The number of pyridine rings is 1. The molecule has 22 heavy (non-hydrogen) atoms. The van der Waals surface area contributed by atoms with Crippen molar-refractivity contribution in [1.82, 2.24) is 9.88 Å². The van der Waals surface area contributed by atoms with Crippen LogP contribution in [0.1, 0.15) is 5.56 Å². The van der Waals surface area contributed by atoms with Gasteiger partial charge in [-0.3, -0.25) is 0 Å². The number of aromatic nitrogens is 1. The number of halogens is 3. The molecule has 2 rings (SSSR count). The van der Waals surface area contributed by atoms with Crippen LogP contribution in [0, 0.1) is 0 Å². The SMILES string of the molecule is I.NC(=NCc1ccnc(OCC(F)F)c1)N1CCSCC1. The van der Waals surface area contributed by atoms with Crippen LogP contribution in [0.25, 0.3) is 0 Å².